The van der Waals surface area contributed by atoms with Crippen LogP contribution in [-0.4, -0.2) is 43.7 Å². The number of halogens is 1. The van der Waals surface area contributed by atoms with E-state index in [1.165, 1.54) is 18.2 Å². The second-order valence-electron chi connectivity index (χ2n) is 7.98. The summed E-state index contributed by atoms with van der Waals surface area (Å²) < 4.78 is 18.4. The molecule has 4 N–H and O–H groups in total. The third kappa shape index (κ3) is 9.46. The smallest absolute Gasteiger partial charge is 0.412 e. The highest BCUT2D eigenvalue weighted by Gasteiger charge is 2.16. The van der Waals surface area contributed by atoms with E-state index in [4.69, 9.17) is 4.74 Å². The number of rotatable bonds is 7. The standard InChI is InChI=1S/C23H30FN5O3/c1-23(2,3)32-22(31)29-18-10-8-16(9-11-18)12-13-26-21(25-4)27-15-20(30)28-19-7-5-6-17(24)14-19/h5-11,14H,12-13,15H2,1-4H3,(H,28,30)(H,29,31)(H2,25,26,27). The number of nitrogens with zero attached hydrogens (tertiary/aromatic N) is 1. The van der Waals surface area contributed by atoms with Crippen molar-refractivity contribution in [1.82, 2.24) is 10.6 Å². The van der Waals surface area contributed by atoms with E-state index in [2.05, 4.69) is 26.3 Å². The van der Waals surface area contributed by atoms with Crippen LogP contribution in [-0.2, 0) is 16.0 Å². The van der Waals surface area contributed by atoms with Crippen LogP contribution in [0.25, 0.3) is 0 Å². The van der Waals surface area contributed by atoms with Crippen LogP contribution in [0.1, 0.15) is 26.3 Å². The fourth-order valence-corrected chi connectivity index (χ4v) is 2.66. The van der Waals surface area contributed by atoms with Gasteiger partial charge in [-0.05, 0) is 63.1 Å². The third-order valence-corrected chi connectivity index (χ3v) is 4.05. The van der Waals surface area contributed by atoms with Crippen LogP contribution in [0.4, 0.5) is 20.6 Å². The number of anilines is 2. The lowest BCUT2D eigenvalue weighted by Gasteiger charge is -2.19. The van der Waals surface area contributed by atoms with Crippen LogP contribution in [0.2, 0.25) is 0 Å². The summed E-state index contributed by atoms with van der Waals surface area (Å²) in [6, 6.07) is 13.1. The lowest BCUT2D eigenvalue weighted by molar-refractivity contribution is -0.115. The molecule has 0 unspecified atom stereocenters. The number of aliphatic imine (C=N–C) groups is 1. The number of carbonyl (C=O) groups excluding carboxylic acids is 2. The van der Waals surface area contributed by atoms with Crippen molar-refractivity contribution in [3.8, 4) is 0 Å². The molecule has 172 valence electrons. The normalized spacial score (nSPS) is 11.5. The highest BCUT2D eigenvalue weighted by molar-refractivity contribution is 5.95. The van der Waals surface area contributed by atoms with Crippen molar-refractivity contribution in [2.75, 3.05) is 30.8 Å². The average molecular weight is 444 g/mol. The SMILES string of the molecule is CN=C(NCCc1ccc(NC(=O)OC(C)(C)C)cc1)NCC(=O)Nc1cccc(F)c1. The average Bonchev–Trinajstić information content (AvgIpc) is 2.70. The van der Waals surface area contributed by atoms with Crippen LogP contribution in [0.3, 0.4) is 0 Å². The Kier molecular flexibility index (Phi) is 9.00. The largest absolute Gasteiger partial charge is 0.444 e. The molecule has 2 aromatic rings. The van der Waals surface area contributed by atoms with E-state index >= 15 is 0 Å². The van der Waals surface area contributed by atoms with Crippen molar-refractivity contribution in [3.63, 3.8) is 0 Å². The first-order valence-electron chi connectivity index (χ1n) is 10.2. The molecule has 0 aliphatic heterocycles. The summed E-state index contributed by atoms with van der Waals surface area (Å²) in [6.07, 6.45) is 0.214. The summed E-state index contributed by atoms with van der Waals surface area (Å²) >= 11 is 0. The molecule has 0 radical (unpaired) electrons. The molecule has 0 heterocycles. The van der Waals surface area contributed by atoms with Crippen molar-refractivity contribution in [2.45, 2.75) is 32.8 Å². The van der Waals surface area contributed by atoms with Gasteiger partial charge in [0.1, 0.15) is 11.4 Å². The maximum atomic E-state index is 13.2. The topological polar surface area (TPSA) is 104 Å². The Morgan fingerprint density at radius 1 is 1.00 bits per heavy atom. The Balaban J connectivity index is 1.72. The van der Waals surface area contributed by atoms with E-state index in [-0.39, 0.29) is 12.5 Å². The highest BCUT2D eigenvalue weighted by atomic mass is 19.1. The molecule has 0 aromatic heterocycles. The first-order valence-corrected chi connectivity index (χ1v) is 10.2. The minimum atomic E-state index is -0.553. The minimum Gasteiger partial charge on any atom is -0.444 e. The van der Waals surface area contributed by atoms with Gasteiger partial charge in [-0.2, -0.15) is 0 Å². The van der Waals surface area contributed by atoms with E-state index in [9.17, 15) is 14.0 Å². The molecule has 2 rings (SSSR count). The molecular weight excluding hydrogens is 413 g/mol. The molecule has 0 saturated carbocycles. The number of nitrogens with one attached hydrogen (secondary N) is 4. The number of amides is 2. The van der Waals surface area contributed by atoms with E-state index in [0.717, 1.165) is 5.56 Å². The number of ether oxygens (including phenoxy) is 1. The quantitative estimate of drug-likeness (QED) is 0.387. The summed E-state index contributed by atoms with van der Waals surface area (Å²) in [5.74, 6) is -0.254. The van der Waals surface area contributed by atoms with Crippen molar-refractivity contribution in [3.05, 3.63) is 59.9 Å². The fraction of sp³-hybridized carbons (Fsp3) is 0.348. The van der Waals surface area contributed by atoms with Crippen LogP contribution < -0.4 is 21.3 Å². The highest BCUT2D eigenvalue weighted by Crippen LogP contribution is 2.13. The van der Waals surface area contributed by atoms with E-state index in [0.29, 0.717) is 30.3 Å². The van der Waals surface area contributed by atoms with Gasteiger partial charge in [0.25, 0.3) is 0 Å². The van der Waals surface area contributed by atoms with Crippen LogP contribution in [0.5, 0.6) is 0 Å². The molecular formula is C23H30FN5O3. The summed E-state index contributed by atoms with van der Waals surface area (Å²) in [6.45, 7) is 6.00. The van der Waals surface area contributed by atoms with E-state index < -0.39 is 17.5 Å². The zero-order valence-electron chi connectivity index (χ0n) is 18.8. The zero-order chi connectivity index (χ0) is 23.6. The lowest BCUT2D eigenvalue weighted by Crippen LogP contribution is -2.42. The molecule has 2 amide bonds. The third-order valence-electron chi connectivity index (χ3n) is 4.05. The predicted octanol–water partition coefficient (Wildman–Crippen LogP) is 3.52. The van der Waals surface area contributed by atoms with Crippen molar-refractivity contribution in [1.29, 1.82) is 0 Å². The molecule has 9 heteroatoms. The molecule has 0 aliphatic carbocycles. The van der Waals surface area contributed by atoms with Gasteiger partial charge >= 0.3 is 6.09 Å². The van der Waals surface area contributed by atoms with Gasteiger partial charge in [0.05, 0.1) is 6.54 Å². The van der Waals surface area contributed by atoms with Crippen LogP contribution in [0.15, 0.2) is 53.5 Å². The molecule has 0 aliphatic rings. The zero-order valence-corrected chi connectivity index (χ0v) is 18.8. The Morgan fingerprint density at radius 2 is 1.72 bits per heavy atom. The maximum absolute atomic E-state index is 13.2. The van der Waals surface area contributed by atoms with Crippen LogP contribution in [0, 0.1) is 5.82 Å². The number of carbonyl (C=O) groups is 2. The molecule has 32 heavy (non-hydrogen) atoms. The lowest BCUT2D eigenvalue weighted by atomic mass is 10.1. The number of benzene rings is 2. The first-order chi connectivity index (χ1) is 15.1. The second kappa shape index (κ2) is 11.7. The molecule has 0 saturated heterocycles. The molecule has 2 aromatic carbocycles. The van der Waals surface area contributed by atoms with Gasteiger partial charge < -0.3 is 20.7 Å². The molecule has 0 fully saturated rings. The Bertz CT molecular complexity index is 939. The predicted molar refractivity (Wildman–Crippen MR) is 124 cm³/mol. The monoisotopic (exact) mass is 443 g/mol. The van der Waals surface area contributed by atoms with E-state index in [1.54, 1.807) is 13.1 Å². The minimum absolute atomic E-state index is 0.0127. The molecule has 0 bridgehead atoms. The summed E-state index contributed by atoms with van der Waals surface area (Å²) in [5.41, 5.74) is 1.55. The van der Waals surface area contributed by atoms with Gasteiger partial charge in [-0.1, -0.05) is 18.2 Å². The fourth-order valence-electron chi connectivity index (χ4n) is 2.66. The van der Waals surface area contributed by atoms with Gasteiger partial charge in [0.15, 0.2) is 5.96 Å². The van der Waals surface area contributed by atoms with Gasteiger partial charge in [-0.3, -0.25) is 15.1 Å². The number of guanidine groups is 1. The van der Waals surface area contributed by atoms with Gasteiger partial charge in [-0.15, -0.1) is 0 Å². The summed E-state index contributed by atoms with van der Waals surface area (Å²) in [5, 5.41) is 11.3. The maximum Gasteiger partial charge on any atom is 0.412 e. The van der Waals surface area contributed by atoms with Crippen molar-refractivity contribution in [2.24, 2.45) is 4.99 Å². The van der Waals surface area contributed by atoms with Crippen molar-refractivity contribution >= 4 is 29.3 Å². The Morgan fingerprint density at radius 3 is 2.34 bits per heavy atom. The van der Waals surface area contributed by atoms with Gasteiger partial charge in [0.2, 0.25) is 5.91 Å². The summed E-state index contributed by atoms with van der Waals surface area (Å²) in [7, 11) is 1.61. The number of hydrogen-bond acceptors (Lipinski definition) is 4. The first kappa shape index (κ1) is 24.6. The molecule has 0 spiro atoms. The second-order valence-corrected chi connectivity index (χ2v) is 7.98. The van der Waals surface area contributed by atoms with Gasteiger partial charge in [-0.25, -0.2) is 9.18 Å². The number of hydrogen-bond donors (Lipinski definition) is 4. The summed E-state index contributed by atoms with van der Waals surface area (Å²) in [4.78, 5) is 27.9. The van der Waals surface area contributed by atoms with Crippen LogP contribution >= 0.6 is 0 Å². The van der Waals surface area contributed by atoms with Crippen molar-refractivity contribution < 1.29 is 18.7 Å². The molecule has 0 atom stereocenters. The Labute approximate surface area is 187 Å². The molecule has 8 nitrogen and oxygen atoms in total. The van der Waals surface area contributed by atoms with E-state index in [1.807, 2.05) is 45.0 Å². The Hall–Kier alpha value is -3.62. The van der Waals surface area contributed by atoms with Gasteiger partial charge in [0, 0.05) is 25.0 Å².